The second-order valence-electron chi connectivity index (χ2n) is 3.50. The van der Waals surface area contributed by atoms with Gasteiger partial charge in [-0.3, -0.25) is 4.79 Å². The van der Waals surface area contributed by atoms with Gasteiger partial charge in [0.1, 0.15) is 6.61 Å². The van der Waals surface area contributed by atoms with E-state index in [0.717, 1.165) is 6.42 Å². The highest BCUT2D eigenvalue weighted by atomic mass is 16.6. The third kappa shape index (κ3) is 2.48. The van der Waals surface area contributed by atoms with Crippen LogP contribution in [0.15, 0.2) is 0 Å². The molecule has 0 aromatic carbocycles. The van der Waals surface area contributed by atoms with Gasteiger partial charge in [-0.2, -0.15) is 0 Å². The second kappa shape index (κ2) is 3.90. The number of esters is 1. The Morgan fingerprint density at radius 2 is 2.25 bits per heavy atom. The van der Waals surface area contributed by atoms with E-state index in [1.165, 1.54) is 6.92 Å². The van der Waals surface area contributed by atoms with Crippen molar-refractivity contribution in [3.8, 4) is 0 Å². The van der Waals surface area contributed by atoms with E-state index in [2.05, 4.69) is 6.92 Å². The minimum absolute atomic E-state index is 0.101. The smallest absolute Gasteiger partial charge is 0.302 e. The molecule has 0 radical (unpaired) electrons. The first-order valence-electron chi connectivity index (χ1n) is 4.38. The molecule has 1 heterocycles. The summed E-state index contributed by atoms with van der Waals surface area (Å²) in [6.45, 7) is 5.99. The van der Waals surface area contributed by atoms with Crippen LogP contribution in [0.3, 0.4) is 0 Å². The molecule has 0 N–H and O–H groups in total. The lowest BCUT2D eigenvalue weighted by molar-refractivity contribution is -0.145. The van der Waals surface area contributed by atoms with E-state index in [1.54, 1.807) is 0 Å². The largest absolute Gasteiger partial charge is 0.463 e. The summed E-state index contributed by atoms with van der Waals surface area (Å²) in [7, 11) is 0. The molecule has 3 atom stereocenters. The number of rotatable bonds is 2. The summed E-state index contributed by atoms with van der Waals surface area (Å²) in [4.78, 5) is 10.5. The van der Waals surface area contributed by atoms with E-state index in [-0.39, 0.29) is 12.1 Å². The number of hydrogen-bond donors (Lipinski definition) is 0. The predicted molar refractivity (Wildman–Crippen MR) is 44.7 cm³/mol. The lowest BCUT2D eigenvalue weighted by Crippen LogP contribution is -2.22. The average Bonchev–Trinajstić information content (AvgIpc) is 2.26. The molecule has 70 valence electrons. The summed E-state index contributed by atoms with van der Waals surface area (Å²) in [5, 5.41) is 0. The van der Waals surface area contributed by atoms with E-state index in [9.17, 15) is 4.79 Å². The first kappa shape index (κ1) is 9.52. The van der Waals surface area contributed by atoms with Gasteiger partial charge in [-0.05, 0) is 19.3 Å². The first-order valence-corrected chi connectivity index (χ1v) is 4.38. The SMILES string of the molecule is CC(=O)OCC1OC(C)CC1C. The third-order valence-corrected chi connectivity index (χ3v) is 2.20. The molecule has 0 saturated carbocycles. The molecule has 0 amide bonds. The number of hydrogen-bond acceptors (Lipinski definition) is 3. The Morgan fingerprint density at radius 3 is 2.67 bits per heavy atom. The Bertz CT molecular complexity index is 167. The van der Waals surface area contributed by atoms with E-state index in [1.807, 2.05) is 6.92 Å². The van der Waals surface area contributed by atoms with Crippen LogP contribution in [0.1, 0.15) is 27.2 Å². The molecule has 0 spiro atoms. The number of carbonyl (C=O) groups excluding carboxylic acids is 1. The van der Waals surface area contributed by atoms with Gasteiger partial charge in [-0.15, -0.1) is 0 Å². The predicted octanol–water partition coefficient (Wildman–Crippen LogP) is 1.36. The van der Waals surface area contributed by atoms with Crippen LogP contribution in [-0.4, -0.2) is 24.8 Å². The minimum Gasteiger partial charge on any atom is -0.463 e. The van der Waals surface area contributed by atoms with Crippen LogP contribution in [0.4, 0.5) is 0 Å². The molecule has 0 aromatic heterocycles. The number of ether oxygens (including phenoxy) is 2. The van der Waals surface area contributed by atoms with Gasteiger partial charge in [0, 0.05) is 6.92 Å². The number of carbonyl (C=O) groups is 1. The average molecular weight is 172 g/mol. The zero-order valence-corrected chi connectivity index (χ0v) is 7.87. The Kier molecular flexibility index (Phi) is 3.09. The molecule has 1 aliphatic heterocycles. The van der Waals surface area contributed by atoms with Crippen LogP contribution in [0, 0.1) is 5.92 Å². The normalized spacial score (nSPS) is 35.1. The summed E-state index contributed by atoms with van der Waals surface area (Å²) >= 11 is 0. The monoisotopic (exact) mass is 172 g/mol. The van der Waals surface area contributed by atoms with Crippen molar-refractivity contribution in [2.45, 2.75) is 39.4 Å². The molecule has 3 heteroatoms. The molecule has 1 aliphatic rings. The van der Waals surface area contributed by atoms with Crippen LogP contribution < -0.4 is 0 Å². The molecule has 1 saturated heterocycles. The minimum atomic E-state index is -0.231. The molecule has 12 heavy (non-hydrogen) atoms. The van der Waals surface area contributed by atoms with Gasteiger partial charge in [-0.25, -0.2) is 0 Å². The Hall–Kier alpha value is -0.570. The van der Waals surface area contributed by atoms with Crippen molar-refractivity contribution in [1.29, 1.82) is 0 Å². The molecule has 1 rings (SSSR count). The highest BCUT2D eigenvalue weighted by Crippen LogP contribution is 2.25. The van der Waals surface area contributed by atoms with Crippen molar-refractivity contribution >= 4 is 5.97 Å². The lowest BCUT2D eigenvalue weighted by atomic mass is 10.0. The standard InChI is InChI=1S/C9H16O3/c1-6-4-7(2)12-9(6)5-11-8(3)10/h6-7,9H,4-5H2,1-3H3. The van der Waals surface area contributed by atoms with Crippen LogP contribution in [0.2, 0.25) is 0 Å². The van der Waals surface area contributed by atoms with Crippen molar-refractivity contribution in [1.82, 2.24) is 0 Å². The van der Waals surface area contributed by atoms with E-state index >= 15 is 0 Å². The van der Waals surface area contributed by atoms with E-state index in [0.29, 0.717) is 18.6 Å². The Morgan fingerprint density at radius 1 is 1.58 bits per heavy atom. The Labute approximate surface area is 73.0 Å². The lowest BCUT2D eigenvalue weighted by Gasteiger charge is -2.13. The summed E-state index contributed by atoms with van der Waals surface area (Å²) in [5.41, 5.74) is 0. The van der Waals surface area contributed by atoms with Gasteiger partial charge in [0.15, 0.2) is 0 Å². The van der Waals surface area contributed by atoms with Gasteiger partial charge in [0.25, 0.3) is 0 Å². The van der Waals surface area contributed by atoms with Gasteiger partial charge >= 0.3 is 5.97 Å². The molecule has 0 aliphatic carbocycles. The van der Waals surface area contributed by atoms with Crippen LogP contribution in [-0.2, 0) is 14.3 Å². The zero-order valence-electron chi connectivity index (χ0n) is 7.87. The Balaban J connectivity index is 2.28. The molecular formula is C9H16O3. The molecule has 3 unspecified atom stereocenters. The summed E-state index contributed by atoms with van der Waals surface area (Å²) in [6, 6.07) is 0. The molecule has 3 nitrogen and oxygen atoms in total. The van der Waals surface area contributed by atoms with Crippen LogP contribution in [0.5, 0.6) is 0 Å². The van der Waals surface area contributed by atoms with Crippen molar-refractivity contribution in [2.24, 2.45) is 5.92 Å². The fraction of sp³-hybridized carbons (Fsp3) is 0.889. The van der Waals surface area contributed by atoms with Crippen molar-refractivity contribution in [3.05, 3.63) is 0 Å². The summed E-state index contributed by atoms with van der Waals surface area (Å²) in [6.07, 6.45) is 1.47. The summed E-state index contributed by atoms with van der Waals surface area (Å²) in [5.74, 6) is 0.268. The van der Waals surface area contributed by atoms with Crippen molar-refractivity contribution in [3.63, 3.8) is 0 Å². The van der Waals surface area contributed by atoms with Gasteiger partial charge < -0.3 is 9.47 Å². The van der Waals surface area contributed by atoms with Crippen LogP contribution in [0.25, 0.3) is 0 Å². The summed E-state index contributed by atoms with van der Waals surface area (Å²) < 4.78 is 10.4. The van der Waals surface area contributed by atoms with E-state index in [4.69, 9.17) is 9.47 Å². The maximum Gasteiger partial charge on any atom is 0.302 e. The van der Waals surface area contributed by atoms with Gasteiger partial charge in [0.05, 0.1) is 12.2 Å². The highest BCUT2D eigenvalue weighted by molar-refractivity contribution is 5.65. The van der Waals surface area contributed by atoms with Crippen molar-refractivity contribution < 1.29 is 14.3 Å². The maximum absolute atomic E-state index is 10.5. The third-order valence-electron chi connectivity index (χ3n) is 2.20. The van der Waals surface area contributed by atoms with Gasteiger partial charge in [0.2, 0.25) is 0 Å². The zero-order chi connectivity index (χ0) is 9.14. The van der Waals surface area contributed by atoms with Gasteiger partial charge in [-0.1, -0.05) is 6.92 Å². The molecule has 1 fully saturated rings. The molecule has 0 bridgehead atoms. The quantitative estimate of drug-likeness (QED) is 0.590. The first-order chi connectivity index (χ1) is 5.59. The van der Waals surface area contributed by atoms with E-state index < -0.39 is 0 Å². The molecule has 0 aromatic rings. The van der Waals surface area contributed by atoms with Crippen LogP contribution >= 0.6 is 0 Å². The fourth-order valence-corrected chi connectivity index (χ4v) is 1.57. The topological polar surface area (TPSA) is 35.5 Å². The highest BCUT2D eigenvalue weighted by Gasteiger charge is 2.29. The molecular weight excluding hydrogens is 156 g/mol. The maximum atomic E-state index is 10.5. The second-order valence-corrected chi connectivity index (χ2v) is 3.50. The fourth-order valence-electron chi connectivity index (χ4n) is 1.57. The van der Waals surface area contributed by atoms with Crippen molar-refractivity contribution in [2.75, 3.05) is 6.61 Å².